The molecule has 2 N–H and O–H groups in total. The van der Waals surface area contributed by atoms with Gasteiger partial charge in [-0.05, 0) is 23.2 Å². The second kappa shape index (κ2) is 5.43. The fourth-order valence-electron chi connectivity index (χ4n) is 3.00. The van der Waals surface area contributed by atoms with Crippen LogP contribution in [0.1, 0.15) is 41.0 Å². The van der Waals surface area contributed by atoms with Crippen molar-refractivity contribution in [1.82, 2.24) is 4.98 Å². The highest BCUT2D eigenvalue weighted by molar-refractivity contribution is 5.47. The molecule has 1 aliphatic carbocycles. The number of rotatable bonds is 6. The van der Waals surface area contributed by atoms with Gasteiger partial charge in [-0.2, -0.15) is 0 Å². The van der Waals surface area contributed by atoms with Crippen molar-refractivity contribution in [3.63, 3.8) is 0 Å². The molecule has 0 amide bonds. The van der Waals surface area contributed by atoms with Crippen LogP contribution in [0.4, 0.5) is 20.4 Å². The summed E-state index contributed by atoms with van der Waals surface area (Å²) in [7, 11) is 0. The summed E-state index contributed by atoms with van der Waals surface area (Å²) in [5.74, 6) is -0.628. The van der Waals surface area contributed by atoms with Gasteiger partial charge < -0.3 is 10.6 Å². The predicted molar refractivity (Wildman–Crippen MR) is 82.5 cm³/mol. The van der Waals surface area contributed by atoms with E-state index in [0.717, 1.165) is 12.5 Å². The molecule has 1 saturated carbocycles. The lowest BCUT2D eigenvalue weighted by Crippen LogP contribution is -2.13. The number of hydrogen-bond donors (Lipinski definition) is 2. The van der Waals surface area contributed by atoms with Gasteiger partial charge in [0.1, 0.15) is 0 Å². The Hall–Kier alpha value is -1.39. The Balaban J connectivity index is 2.07. The van der Waals surface area contributed by atoms with Crippen LogP contribution in [-0.2, 0) is 0 Å². The van der Waals surface area contributed by atoms with Crippen molar-refractivity contribution < 1.29 is 8.78 Å². The average molecular weight is 297 g/mol. The molecule has 5 heteroatoms. The zero-order valence-electron chi connectivity index (χ0n) is 13.5. The van der Waals surface area contributed by atoms with Gasteiger partial charge in [-0.3, -0.25) is 0 Å². The van der Waals surface area contributed by atoms with Crippen molar-refractivity contribution in [1.29, 1.82) is 0 Å². The lowest BCUT2D eigenvalue weighted by molar-refractivity contribution is 0.457. The smallest absolute Gasteiger partial charge is 0.168 e. The van der Waals surface area contributed by atoms with Gasteiger partial charge in [0.05, 0.1) is 0 Å². The first kappa shape index (κ1) is 16.0. The molecule has 1 aromatic rings. The zero-order valence-corrected chi connectivity index (χ0v) is 13.5. The molecule has 118 valence electrons. The van der Waals surface area contributed by atoms with Gasteiger partial charge in [0, 0.05) is 19.2 Å². The van der Waals surface area contributed by atoms with E-state index in [1.165, 1.54) is 0 Å². The highest BCUT2D eigenvalue weighted by Crippen LogP contribution is 2.68. The molecule has 1 aromatic heterocycles. The first-order valence-electron chi connectivity index (χ1n) is 7.55. The summed E-state index contributed by atoms with van der Waals surface area (Å²) >= 11 is 0. The van der Waals surface area contributed by atoms with Crippen molar-refractivity contribution in [2.45, 2.75) is 41.0 Å². The molecule has 0 bridgehead atoms. The minimum Gasteiger partial charge on any atom is -0.368 e. The van der Waals surface area contributed by atoms with E-state index < -0.39 is 11.6 Å². The number of nitrogens with one attached hydrogen (secondary N) is 2. The minimum atomic E-state index is -0.654. The minimum absolute atomic E-state index is 0.107. The predicted octanol–water partition coefficient (Wildman–Crippen LogP) is 4.28. The third-order valence-electron chi connectivity index (χ3n) is 5.27. The van der Waals surface area contributed by atoms with Crippen LogP contribution in [0.3, 0.4) is 0 Å². The molecule has 0 spiro atoms. The maximum absolute atomic E-state index is 13.8. The summed E-state index contributed by atoms with van der Waals surface area (Å²) in [6.07, 6.45) is 0.853. The van der Waals surface area contributed by atoms with Crippen molar-refractivity contribution >= 4 is 11.6 Å². The van der Waals surface area contributed by atoms with E-state index in [2.05, 4.69) is 43.3 Å². The van der Waals surface area contributed by atoms with Crippen LogP contribution < -0.4 is 10.6 Å². The van der Waals surface area contributed by atoms with Crippen LogP contribution in [0.5, 0.6) is 0 Å². The molecule has 1 fully saturated rings. The molecule has 0 aliphatic heterocycles. The van der Waals surface area contributed by atoms with Crippen LogP contribution in [0.25, 0.3) is 0 Å². The summed E-state index contributed by atoms with van der Waals surface area (Å²) in [5.41, 5.74) is 0.444. The molecule has 0 aromatic carbocycles. The van der Waals surface area contributed by atoms with E-state index in [1.54, 1.807) is 0 Å². The SMILES string of the molecule is CCCNc1nc(NCC2C(C)(C)C2(C)C)c(F)cc1F. The fraction of sp³-hybridized carbons (Fsp3) is 0.688. The molecular weight excluding hydrogens is 272 g/mol. The average Bonchev–Trinajstić information content (AvgIpc) is 2.78. The molecule has 3 nitrogen and oxygen atoms in total. The largest absolute Gasteiger partial charge is 0.368 e. The van der Waals surface area contributed by atoms with Crippen molar-refractivity contribution in [2.24, 2.45) is 16.7 Å². The lowest BCUT2D eigenvalue weighted by atomic mass is 10.0. The monoisotopic (exact) mass is 297 g/mol. The van der Waals surface area contributed by atoms with Crippen LogP contribution in [0, 0.1) is 28.4 Å². The number of aromatic nitrogens is 1. The topological polar surface area (TPSA) is 37.0 Å². The van der Waals surface area contributed by atoms with E-state index in [4.69, 9.17) is 0 Å². The maximum atomic E-state index is 13.8. The third-order valence-corrected chi connectivity index (χ3v) is 5.27. The molecule has 0 atom stereocenters. The summed E-state index contributed by atoms with van der Waals surface area (Å²) in [4.78, 5) is 4.03. The molecule has 0 radical (unpaired) electrons. The quantitative estimate of drug-likeness (QED) is 0.823. The number of hydrogen-bond acceptors (Lipinski definition) is 3. The Morgan fingerprint density at radius 3 is 2.05 bits per heavy atom. The van der Waals surface area contributed by atoms with Gasteiger partial charge in [-0.1, -0.05) is 34.6 Å². The Labute approximate surface area is 125 Å². The van der Waals surface area contributed by atoms with Crippen molar-refractivity contribution in [3.05, 3.63) is 17.7 Å². The van der Waals surface area contributed by atoms with Crippen LogP contribution in [0.2, 0.25) is 0 Å². The molecule has 1 heterocycles. The number of halogens is 2. The Morgan fingerprint density at radius 1 is 1.05 bits per heavy atom. The Bertz CT molecular complexity index is 512. The molecule has 0 saturated heterocycles. The molecule has 2 rings (SSSR count). The first-order chi connectivity index (χ1) is 9.71. The highest BCUT2D eigenvalue weighted by atomic mass is 19.1. The molecule has 1 aliphatic rings. The van der Waals surface area contributed by atoms with E-state index in [1.807, 2.05) is 6.92 Å². The normalized spacial score (nSPS) is 19.4. The summed E-state index contributed by atoms with van der Waals surface area (Å²) in [6, 6.07) is 0.885. The Kier molecular flexibility index (Phi) is 4.13. The highest BCUT2D eigenvalue weighted by Gasteiger charge is 2.64. The number of pyridine rings is 1. The van der Waals surface area contributed by atoms with E-state index in [-0.39, 0.29) is 22.5 Å². The maximum Gasteiger partial charge on any atom is 0.168 e. The zero-order chi connectivity index (χ0) is 15.8. The van der Waals surface area contributed by atoms with E-state index >= 15 is 0 Å². The first-order valence-corrected chi connectivity index (χ1v) is 7.55. The molecule has 21 heavy (non-hydrogen) atoms. The van der Waals surface area contributed by atoms with Crippen molar-refractivity contribution in [3.8, 4) is 0 Å². The molecular formula is C16H25F2N3. The van der Waals surface area contributed by atoms with Crippen molar-refractivity contribution in [2.75, 3.05) is 23.7 Å². The second-order valence-electron chi connectivity index (χ2n) is 6.95. The van der Waals surface area contributed by atoms with Crippen LogP contribution in [0.15, 0.2) is 6.07 Å². The summed E-state index contributed by atoms with van der Waals surface area (Å²) < 4.78 is 27.4. The van der Waals surface area contributed by atoms with Crippen LogP contribution >= 0.6 is 0 Å². The van der Waals surface area contributed by atoms with Gasteiger partial charge in [0.15, 0.2) is 23.3 Å². The van der Waals surface area contributed by atoms with Crippen LogP contribution in [-0.4, -0.2) is 18.1 Å². The standard InChI is InChI=1S/C16H25F2N3/c1-6-7-19-13-10(17)8-11(18)14(21-13)20-9-12-15(2,3)16(12,4)5/h8,12H,6-7,9H2,1-5H3,(H2,19,20,21). The summed E-state index contributed by atoms with van der Waals surface area (Å²) in [6.45, 7) is 12.1. The summed E-state index contributed by atoms with van der Waals surface area (Å²) in [5, 5.41) is 5.91. The third kappa shape index (κ3) is 2.83. The Morgan fingerprint density at radius 2 is 1.57 bits per heavy atom. The van der Waals surface area contributed by atoms with Gasteiger partial charge in [0.2, 0.25) is 0 Å². The number of nitrogens with zero attached hydrogens (tertiary/aromatic N) is 1. The fourth-order valence-corrected chi connectivity index (χ4v) is 3.00. The van der Waals surface area contributed by atoms with Gasteiger partial charge in [0.25, 0.3) is 0 Å². The second-order valence-corrected chi connectivity index (χ2v) is 6.95. The number of anilines is 2. The van der Waals surface area contributed by atoms with Gasteiger partial charge >= 0.3 is 0 Å². The van der Waals surface area contributed by atoms with Gasteiger partial charge in [-0.15, -0.1) is 0 Å². The molecule has 0 unspecified atom stereocenters. The van der Waals surface area contributed by atoms with Gasteiger partial charge in [-0.25, -0.2) is 13.8 Å². The van der Waals surface area contributed by atoms with E-state index in [9.17, 15) is 8.78 Å². The lowest BCUT2D eigenvalue weighted by Gasteiger charge is -2.11. The van der Waals surface area contributed by atoms with E-state index in [0.29, 0.717) is 19.0 Å².